The van der Waals surface area contributed by atoms with Crippen LogP contribution in [0.15, 0.2) is 36.7 Å². The molecule has 0 bridgehead atoms. The smallest absolute Gasteiger partial charge is 0.0914 e. The Kier molecular flexibility index (Phi) is 2.80. The summed E-state index contributed by atoms with van der Waals surface area (Å²) in [6.45, 7) is 2.39. The van der Waals surface area contributed by atoms with E-state index in [4.69, 9.17) is 5.73 Å². The minimum Gasteiger partial charge on any atom is -0.351 e. The van der Waals surface area contributed by atoms with Crippen LogP contribution in [0, 0.1) is 6.92 Å². The van der Waals surface area contributed by atoms with Crippen molar-refractivity contribution in [2.24, 2.45) is 12.8 Å². The summed E-state index contributed by atoms with van der Waals surface area (Å²) in [7, 11) is 2.04. The number of aryl methyl sites for hydroxylation is 2. The fraction of sp³-hybridized carbons (Fsp3) is 0.200. The number of aromatic nitrogens is 3. The molecule has 0 aliphatic rings. The molecule has 4 nitrogen and oxygen atoms in total. The fourth-order valence-electron chi connectivity index (χ4n) is 2.34. The molecule has 0 radical (unpaired) electrons. The quantitative estimate of drug-likeness (QED) is 0.762. The third-order valence-electron chi connectivity index (χ3n) is 3.36. The molecule has 0 unspecified atom stereocenters. The molecule has 1 aromatic carbocycles. The Balaban J connectivity index is 2.13. The number of nitrogens with zero attached hydrogens (tertiary/aromatic N) is 3. The van der Waals surface area contributed by atoms with Crippen LogP contribution in [0.5, 0.6) is 0 Å². The Morgan fingerprint density at radius 3 is 2.84 bits per heavy atom. The van der Waals surface area contributed by atoms with Gasteiger partial charge in [0.2, 0.25) is 0 Å². The van der Waals surface area contributed by atoms with Crippen molar-refractivity contribution in [3.8, 4) is 11.3 Å². The molecule has 0 atom stereocenters. The monoisotopic (exact) mass is 252 g/mol. The molecule has 0 aliphatic carbocycles. The number of nitrogens with two attached hydrogens (primary N) is 1. The minimum atomic E-state index is 0.422. The molecule has 3 rings (SSSR count). The van der Waals surface area contributed by atoms with Crippen LogP contribution in [0.1, 0.15) is 11.4 Å². The number of hydrogen-bond acceptors (Lipinski definition) is 3. The first-order valence-corrected chi connectivity index (χ1v) is 6.27. The Morgan fingerprint density at radius 2 is 2.11 bits per heavy atom. The van der Waals surface area contributed by atoms with Gasteiger partial charge < -0.3 is 10.3 Å². The molecule has 0 saturated heterocycles. The van der Waals surface area contributed by atoms with E-state index in [-0.39, 0.29) is 0 Å². The van der Waals surface area contributed by atoms with Gasteiger partial charge in [0.15, 0.2) is 0 Å². The molecular formula is C15H16N4. The zero-order valence-corrected chi connectivity index (χ0v) is 11.1. The summed E-state index contributed by atoms with van der Waals surface area (Å²) >= 11 is 0. The summed E-state index contributed by atoms with van der Waals surface area (Å²) < 4.78 is 2.11. The van der Waals surface area contributed by atoms with Gasteiger partial charge in [0.1, 0.15) is 0 Å². The van der Waals surface area contributed by atoms with E-state index in [0.29, 0.717) is 6.54 Å². The fourth-order valence-corrected chi connectivity index (χ4v) is 2.34. The minimum absolute atomic E-state index is 0.422. The van der Waals surface area contributed by atoms with Gasteiger partial charge in [0.25, 0.3) is 0 Å². The molecule has 0 spiro atoms. The van der Waals surface area contributed by atoms with Crippen LogP contribution in [0.2, 0.25) is 0 Å². The Bertz CT molecular complexity index is 743. The molecule has 0 amide bonds. The molecule has 2 aromatic heterocycles. The molecule has 19 heavy (non-hydrogen) atoms. The van der Waals surface area contributed by atoms with E-state index in [1.54, 1.807) is 6.20 Å². The second kappa shape index (κ2) is 4.48. The highest BCUT2D eigenvalue weighted by Gasteiger charge is 2.07. The molecule has 2 N–H and O–H groups in total. The second-order valence-electron chi connectivity index (χ2n) is 4.70. The molecular weight excluding hydrogens is 236 g/mol. The van der Waals surface area contributed by atoms with Crippen LogP contribution in [0.3, 0.4) is 0 Å². The van der Waals surface area contributed by atoms with Gasteiger partial charge in [-0.3, -0.25) is 9.97 Å². The van der Waals surface area contributed by atoms with Gasteiger partial charge in [-0.05, 0) is 25.1 Å². The van der Waals surface area contributed by atoms with Crippen LogP contribution >= 0.6 is 0 Å². The number of fused-ring (bicyclic) bond motifs is 1. The molecule has 4 heteroatoms. The lowest BCUT2D eigenvalue weighted by atomic mass is 10.1. The summed E-state index contributed by atoms with van der Waals surface area (Å²) in [6, 6.07) is 8.45. The van der Waals surface area contributed by atoms with Crippen molar-refractivity contribution >= 4 is 10.9 Å². The lowest BCUT2D eigenvalue weighted by molar-refractivity contribution is 0.942. The highest BCUT2D eigenvalue weighted by Crippen LogP contribution is 2.25. The van der Waals surface area contributed by atoms with E-state index in [9.17, 15) is 0 Å². The number of rotatable bonds is 2. The van der Waals surface area contributed by atoms with Crippen molar-refractivity contribution in [2.75, 3.05) is 0 Å². The van der Waals surface area contributed by atoms with Crippen LogP contribution in [0.4, 0.5) is 0 Å². The van der Waals surface area contributed by atoms with E-state index >= 15 is 0 Å². The van der Waals surface area contributed by atoms with Crippen LogP contribution in [0.25, 0.3) is 22.2 Å². The van der Waals surface area contributed by atoms with Crippen LogP contribution in [-0.4, -0.2) is 14.5 Å². The van der Waals surface area contributed by atoms with Gasteiger partial charge in [-0.1, -0.05) is 6.07 Å². The van der Waals surface area contributed by atoms with Crippen LogP contribution in [-0.2, 0) is 13.6 Å². The first-order chi connectivity index (χ1) is 9.19. The summed E-state index contributed by atoms with van der Waals surface area (Å²) in [6.07, 6.45) is 3.81. The second-order valence-corrected chi connectivity index (χ2v) is 4.70. The van der Waals surface area contributed by atoms with Gasteiger partial charge in [-0.2, -0.15) is 0 Å². The number of benzene rings is 1. The van der Waals surface area contributed by atoms with Crippen molar-refractivity contribution in [2.45, 2.75) is 13.5 Å². The summed E-state index contributed by atoms with van der Waals surface area (Å²) in [4.78, 5) is 8.94. The predicted molar refractivity (Wildman–Crippen MR) is 76.6 cm³/mol. The zero-order chi connectivity index (χ0) is 13.4. The van der Waals surface area contributed by atoms with Gasteiger partial charge in [0.05, 0.1) is 23.3 Å². The van der Waals surface area contributed by atoms with E-state index in [2.05, 4.69) is 45.0 Å². The normalized spacial score (nSPS) is 11.1. The lowest BCUT2D eigenvalue weighted by Gasteiger charge is -2.06. The van der Waals surface area contributed by atoms with Crippen molar-refractivity contribution in [1.29, 1.82) is 0 Å². The average molecular weight is 252 g/mol. The molecule has 0 fully saturated rings. The van der Waals surface area contributed by atoms with E-state index in [1.807, 2.05) is 14.0 Å². The molecule has 96 valence electrons. The van der Waals surface area contributed by atoms with Gasteiger partial charge >= 0.3 is 0 Å². The Morgan fingerprint density at radius 1 is 1.26 bits per heavy atom. The summed E-state index contributed by atoms with van der Waals surface area (Å²) in [5.41, 5.74) is 10.5. The molecule has 2 heterocycles. The van der Waals surface area contributed by atoms with E-state index in [1.165, 1.54) is 10.9 Å². The van der Waals surface area contributed by atoms with Crippen molar-refractivity contribution in [3.63, 3.8) is 0 Å². The first kappa shape index (κ1) is 11.9. The standard InChI is InChI=1S/C15H16N4/c1-10-15(17-9-13(8-16)18-10)12-3-4-14-11(7-12)5-6-19(14)2/h3-7,9H,8,16H2,1-2H3. The van der Waals surface area contributed by atoms with Gasteiger partial charge in [0, 0.05) is 36.3 Å². The van der Waals surface area contributed by atoms with Crippen molar-refractivity contribution < 1.29 is 0 Å². The third kappa shape index (κ3) is 2.00. The van der Waals surface area contributed by atoms with E-state index < -0.39 is 0 Å². The van der Waals surface area contributed by atoms with Crippen molar-refractivity contribution in [1.82, 2.24) is 14.5 Å². The first-order valence-electron chi connectivity index (χ1n) is 6.27. The Hall–Kier alpha value is -2.20. The maximum atomic E-state index is 5.58. The lowest BCUT2D eigenvalue weighted by Crippen LogP contribution is -2.03. The zero-order valence-electron chi connectivity index (χ0n) is 11.1. The summed E-state index contributed by atoms with van der Waals surface area (Å²) in [5.74, 6) is 0. The number of hydrogen-bond donors (Lipinski definition) is 1. The third-order valence-corrected chi connectivity index (χ3v) is 3.36. The van der Waals surface area contributed by atoms with E-state index in [0.717, 1.165) is 22.6 Å². The largest absolute Gasteiger partial charge is 0.351 e. The average Bonchev–Trinajstić information content (AvgIpc) is 2.79. The summed E-state index contributed by atoms with van der Waals surface area (Å²) in [5, 5.41) is 1.21. The molecule has 0 aliphatic heterocycles. The van der Waals surface area contributed by atoms with Gasteiger partial charge in [-0.15, -0.1) is 0 Å². The highest BCUT2D eigenvalue weighted by atomic mass is 14.9. The molecule has 0 saturated carbocycles. The highest BCUT2D eigenvalue weighted by molar-refractivity contribution is 5.85. The maximum Gasteiger partial charge on any atom is 0.0914 e. The van der Waals surface area contributed by atoms with Crippen molar-refractivity contribution in [3.05, 3.63) is 48.0 Å². The predicted octanol–water partition coefficient (Wildman–Crippen LogP) is 2.40. The molecule has 3 aromatic rings. The topological polar surface area (TPSA) is 56.7 Å². The maximum absolute atomic E-state index is 5.58. The van der Waals surface area contributed by atoms with Gasteiger partial charge in [-0.25, -0.2) is 0 Å². The van der Waals surface area contributed by atoms with Crippen LogP contribution < -0.4 is 5.73 Å². The SMILES string of the molecule is Cc1nc(CN)cnc1-c1ccc2c(ccn2C)c1. The Labute approximate surface area is 111 Å².